The molecule has 1 fully saturated rings. The largest absolute Gasteiger partial charge is 0.508 e. The smallest absolute Gasteiger partial charge is 0.330 e. The molecule has 2 aromatic carbocycles. The highest BCUT2D eigenvalue weighted by molar-refractivity contribution is 5.83. The highest BCUT2D eigenvalue weighted by Gasteiger charge is 2.29. The summed E-state index contributed by atoms with van der Waals surface area (Å²) in [6, 6.07) is 7.63. The summed E-state index contributed by atoms with van der Waals surface area (Å²) >= 11 is 0. The Morgan fingerprint density at radius 3 is 2.29 bits per heavy atom. The highest BCUT2D eigenvalue weighted by atomic mass is 19.1. The Labute approximate surface area is 161 Å². The van der Waals surface area contributed by atoms with Crippen molar-refractivity contribution in [2.24, 2.45) is 0 Å². The molecule has 1 aliphatic rings. The lowest BCUT2D eigenvalue weighted by Gasteiger charge is -2.33. The first-order valence-corrected chi connectivity index (χ1v) is 8.90. The van der Waals surface area contributed by atoms with E-state index in [1.807, 2.05) is 0 Å². The van der Waals surface area contributed by atoms with Gasteiger partial charge in [0.1, 0.15) is 17.3 Å². The third kappa shape index (κ3) is 4.33. The molecule has 2 aromatic rings. The van der Waals surface area contributed by atoms with Crippen LogP contribution < -0.4 is 5.32 Å². The number of nitrogens with zero attached hydrogens (tertiary/aromatic N) is 1. The number of hydrogen-bond donors (Lipinski definition) is 4. The fourth-order valence-electron chi connectivity index (χ4n) is 3.43. The number of carbonyl (C=O) groups is 2. The fourth-order valence-corrected chi connectivity index (χ4v) is 3.43. The number of amides is 2. The molecule has 1 saturated heterocycles. The minimum atomic E-state index is -1.27. The monoisotopic (exact) mass is 388 g/mol. The number of halogens is 1. The van der Waals surface area contributed by atoms with Gasteiger partial charge in [-0.2, -0.15) is 0 Å². The third-order valence-corrected chi connectivity index (χ3v) is 4.95. The van der Waals surface area contributed by atoms with Gasteiger partial charge < -0.3 is 25.5 Å². The first kappa shape index (κ1) is 19.5. The van der Waals surface area contributed by atoms with Gasteiger partial charge in [-0.15, -0.1) is 0 Å². The van der Waals surface area contributed by atoms with Gasteiger partial charge >= 0.3 is 12.0 Å². The molecule has 1 heterocycles. The highest BCUT2D eigenvalue weighted by Crippen LogP contribution is 2.35. The number of phenols is 2. The van der Waals surface area contributed by atoms with Crippen molar-refractivity contribution >= 4 is 12.0 Å². The molecule has 4 N–H and O–H groups in total. The molecule has 0 unspecified atom stereocenters. The average Bonchev–Trinajstić information content (AvgIpc) is 2.67. The molecule has 0 aromatic heterocycles. The summed E-state index contributed by atoms with van der Waals surface area (Å²) in [6.45, 7) is 0.791. The second-order valence-electron chi connectivity index (χ2n) is 6.78. The van der Waals surface area contributed by atoms with E-state index in [9.17, 15) is 29.3 Å². The number of urea groups is 1. The zero-order valence-corrected chi connectivity index (χ0v) is 15.0. The fraction of sp³-hybridized carbons (Fsp3) is 0.300. The minimum absolute atomic E-state index is 0.0152. The van der Waals surface area contributed by atoms with Crippen LogP contribution in [0.4, 0.5) is 9.18 Å². The van der Waals surface area contributed by atoms with Crippen LogP contribution in [0.3, 0.4) is 0 Å². The van der Waals surface area contributed by atoms with Crippen LogP contribution in [-0.2, 0) is 4.79 Å². The van der Waals surface area contributed by atoms with Crippen LogP contribution in [0.15, 0.2) is 42.5 Å². The number of hydrogen-bond acceptors (Lipinski definition) is 4. The molecule has 0 bridgehead atoms. The van der Waals surface area contributed by atoms with E-state index in [-0.39, 0.29) is 23.0 Å². The van der Waals surface area contributed by atoms with Crippen molar-refractivity contribution < 1.29 is 29.3 Å². The lowest BCUT2D eigenvalue weighted by Crippen LogP contribution is -2.46. The van der Waals surface area contributed by atoms with Gasteiger partial charge in [-0.25, -0.2) is 14.0 Å². The quantitative estimate of drug-likeness (QED) is 0.644. The van der Waals surface area contributed by atoms with Crippen LogP contribution in [0, 0.1) is 5.82 Å². The molecule has 0 aliphatic carbocycles. The number of benzene rings is 2. The lowest BCUT2D eigenvalue weighted by atomic mass is 9.89. The van der Waals surface area contributed by atoms with Crippen LogP contribution >= 0.6 is 0 Å². The van der Waals surface area contributed by atoms with E-state index < -0.39 is 23.9 Å². The van der Waals surface area contributed by atoms with Crippen LogP contribution in [0.5, 0.6) is 11.5 Å². The van der Waals surface area contributed by atoms with Crippen molar-refractivity contribution in [2.45, 2.75) is 24.8 Å². The zero-order chi connectivity index (χ0) is 20.3. The van der Waals surface area contributed by atoms with Crippen LogP contribution in [-0.4, -0.2) is 45.3 Å². The molecule has 148 valence electrons. The average molecular weight is 388 g/mol. The van der Waals surface area contributed by atoms with Crippen LogP contribution in [0.25, 0.3) is 0 Å². The number of aromatic hydroxyl groups is 2. The molecule has 2 amide bonds. The second kappa shape index (κ2) is 8.16. The number of likely N-dealkylation sites (tertiary alicyclic amines) is 1. The maximum absolute atomic E-state index is 13.1. The summed E-state index contributed by atoms with van der Waals surface area (Å²) in [5.41, 5.74) is 0.999. The van der Waals surface area contributed by atoms with Gasteiger partial charge in [-0.1, -0.05) is 18.2 Å². The number of rotatable bonds is 4. The standard InChI is InChI=1S/C20H21FN2O5/c21-14-3-1-13(2-4-14)18(19(26)27)22-20(28)23-9-7-12(8-10-23)16-6-5-15(24)11-17(16)25/h1-6,11-12,18,24-25H,7-10H2,(H,22,28)(H,26,27)/t18-/m1/s1. The molecule has 3 rings (SSSR count). The van der Waals surface area contributed by atoms with E-state index in [0.29, 0.717) is 31.5 Å². The number of carboxylic acid groups (broad SMARTS) is 1. The summed E-state index contributed by atoms with van der Waals surface area (Å²) in [5, 5.41) is 31.3. The van der Waals surface area contributed by atoms with Crippen LogP contribution in [0.2, 0.25) is 0 Å². The predicted molar refractivity (Wildman–Crippen MR) is 98.6 cm³/mol. The van der Waals surface area contributed by atoms with Crippen molar-refractivity contribution in [3.8, 4) is 11.5 Å². The topological polar surface area (TPSA) is 110 Å². The SMILES string of the molecule is O=C(O)[C@H](NC(=O)N1CCC(c2ccc(O)cc2O)CC1)c1ccc(F)cc1. The van der Waals surface area contributed by atoms with Crippen molar-refractivity contribution in [2.75, 3.05) is 13.1 Å². The van der Waals surface area contributed by atoms with Crippen molar-refractivity contribution in [3.05, 3.63) is 59.4 Å². The molecule has 7 nitrogen and oxygen atoms in total. The Balaban J connectivity index is 1.62. The lowest BCUT2D eigenvalue weighted by molar-refractivity contribution is -0.139. The Bertz CT molecular complexity index is 863. The van der Waals surface area contributed by atoms with Crippen molar-refractivity contribution in [1.29, 1.82) is 0 Å². The van der Waals surface area contributed by atoms with E-state index in [0.717, 1.165) is 12.1 Å². The van der Waals surface area contributed by atoms with E-state index in [4.69, 9.17) is 0 Å². The first-order chi connectivity index (χ1) is 13.3. The Hall–Kier alpha value is -3.29. The third-order valence-electron chi connectivity index (χ3n) is 4.95. The summed E-state index contributed by atoms with van der Waals surface area (Å²) in [7, 11) is 0. The number of phenolic OH excluding ortho intramolecular Hbond substituents is 2. The summed E-state index contributed by atoms with van der Waals surface area (Å²) in [4.78, 5) is 25.6. The van der Waals surface area contributed by atoms with E-state index in [1.165, 1.54) is 29.2 Å². The normalized spacial score (nSPS) is 15.8. The minimum Gasteiger partial charge on any atom is -0.508 e. The second-order valence-corrected chi connectivity index (χ2v) is 6.78. The number of carbonyl (C=O) groups excluding carboxylic acids is 1. The number of piperidine rings is 1. The van der Waals surface area contributed by atoms with Gasteiger partial charge in [0.2, 0.25) is 0 Å². The van der Waals surface area contributed by atoms with Gasteiger partial charge in [0, 0.05) is 19.2 Å². The van der Waals surface area contributed by atoms with Gasteiger partial charge in [0.05, 0.1) is 0 Å². The summed E-state index contributed by atoms with van der Waals surface area (Å²) in [6.07, 6.45) is 1.19. The van der Waals surface area contributed by atoms with E-state index in [2.05, 4.69) is 5.32 Å². The Morgan fingerprint density at radius 1 is 1.07 bits per heavy atom. The molecule has 0 radical (unpaired) electrons. The van der Waals surface area contributed by atoms with Gasteiger partial charge in [0.25, 0.3) is 0 Å². The van der Waals surface area contributed by atoms with E-state index >= 15 is 0 Å². The molecule has 0 saturated carbocycles. The Morgan fingerprint density at radius 2 is 1.71 bits per heavy atom. The molecular weight excluding hydrogens is 367 g/mol. The van der Waals surface area contributed by atoms with Crippen LogP contribution in [0.1, 0.15) is 35.9 Å². The maximum atomic E-state index is 13.1. The van der Waals surface area contributed by atoms with Gasteiger partial charge in [-0.3, -0.25) is 0 Å². The number of carboxylic acids is 1. The summed E-state index contributed by atoms with van der Waals surface area (Å²) in [5.74, 6) is -1.68. The zero-order valence-electron chi connectivity index (χ0n) is 15.0. The summed E-state index contributed by atoms with van der Waals surface area (Å²) < 4.78 is 13.1. The molecule has 8 heteroatoms. The maximum Gasteiger partial charge on any atom is 0.330 e. The van der Waals surface area contributed by atoms with Crippen molar-refractivity contribution in [1.82, 2.24) is 10.2 Å². The number of aliphatic carboxylic acids is 1. The van der Waals surface area contributed by atoms with Gasteiger partial charge in [0.15, 0.2) is 6.04 Å². The van der Waals surface area contributed by atoms with E-state index in [1.54, 1.807) is 6.07 Å². The predicted octanol–water partition coefficient (Wildman–Crippen LogP) is 2.95. The molecule has 1 aliphatic heterocycles. The van der Waals surface area contributed by atoms with Crippen molar-refractivity contribution in [3.63, 3.8) is 0 Å². The molecular formula is C20H21FN2O5. The first-order valence-electron chi connectivity index (χ1n) is 8.90. The number of nitrogens with one attached hydrogen (secondary N) is 1. The van der Waals surface area contributed by atoms with Gasteiger partial charge in [-0.05, 0) is 48.1 Å². The Kier molecular flexibility index (Phi) is 5.67. The molecule has 1 atom stereocenters. The molecule has 28 heavy (non-hydrogen) atoms. The molecule has 0 spiro atoms.